The van der Waals surface area contributed by atoms with Crippen LogP contribution in [0.2, 0.25) is 0 Å². The molecule has 8 rings (SSSR count). The lowest BCUT2D eigenvalue weighted by atomic mass is 10.0. The highest BCUT2D eigenvalue weighted by Crippen LogP contribution is 2.30. The van der Waals surface area contributed by atoms with E-state index in [9.17, 15) is 22.8 Å². The number of hydrogen-bond acceptors (Lipinski definition) is 14. The molecule has 2 saturated heterocycles. The molecule has 2 aromatic carbocycles. The number of fused-ring (bicyclic) bond motifs is 2. The number of benzene rings is 2. The van der Waals surface area contributed by atoms with Crippen molar-refractivity contribution >= 4 is 73.3 Å². The van der Waals surface area contributed by atoms with E-state index in [0.717, 1.165) is 85.9 Å². The monoisotopic (exact) mass is 944 g/mol. The number of amides is 2. The fourth-order valence-electron chi connectivity index (χ4n) is 7.08. The number of anilines is 4. The van der Waals surface area contributed by atoms with Gasteiger partial charge in [-0.2, -0.15) is 13.2 Å². The summed E-state index contributed by atoms with van der Waals surface area (Å²) in [7, 11) is 4.19. The molecule has 2 amide bonds. The lowest BCUT2D eigenvalue weighted by Gasteiger charge is -2.35. The van der Waals surface area contributed by atoms with E-state index in [0.29, 0.717) is 51.6 Å². The highest BCUT2D eigenvalue weighted by Gasteiger charge is 2.30. The third-order valence-electron chi connectivity index (χ3n) is 10.6. The van der Waals surface area contributed by atoms with Crippen LogP contribution >= 0.6 is 15.9 Å². The van der Waals surface area contributed by atoms with Gasteiger partial charge in [0.1, 0.15) is 34.2 Å². The lowest BCUT2D eigenvalue weighted by Crippen LogP contribution is -2.44. The summed E-state index contributed by atoms with van der Waals surface area (Å²) in [5.74, 6) is 2.17. The summed E-state index contributed by atoms with van der Waals surface area (Å²) in [6.45, 7) is 8.66. The van der Waals surface area contributed by atoms with Gasteiger partial charge in [0, 0.05) is 49.8 Å². The van der Waals surface area contributed by atoms with Crippen LogP contribution in [0, 0.1) is 13.8 Å². The van der Waals surface area contributed by atoms with Crippen LogP contribution in [0.15, 0.2) is 77.3 Å². The summed E-state index contributed by atoms with van der Waals surface area (Å²) >= 11 is 3.36. The number of nitrogens with zero attached hydrogens (tertiary/aromatic N) is 9. The smallest absolute Gasteiger partial charge is 0.416 e. The van der Waals surface area contributed by atoms with Gasteiger partial charge in [0.25, 0.3) is 11.8 Å². The molecule has 0 aliphatic carbocycles. The van der Waals surface area contributed by atoms with Crippen LogP contribution in [0.25, 0.3) is 22.1 Å². The Balaban J connectivity index is 0.000000195. The molecule has 336 valence electrons. The van der Waals surface area contributed by atoms with Gasteiger partial charge in [0.15, 0.2) is 13.2 Å². The first-order valence-corrected chi connectivity index (χ1v) is 21.4. The molecule has 6 aromatic rings. The van der Waals surface area contributed by atoms with Crippen LogP contribution in [0.5, 0.6) is 11.5 Å². The first kappa shape index (κ1) is 45.8. The molecule has 3 N–H and O–H groups in total. The van der Waals surface area contributed by atoms with Crippen molar-refractivity contribution < 1.29 is 32.2 Å². The molecule has 0 radical (unpaired) electrons. The second-order valence-corrected chi connectivity index (χ2v) is 16.3. The molecule has 4 aromatic heterocycles. The van der Waals surface area contributed by atoms with E-state index in [4.69, 9.17) is 9.47 Å². The van der Waals surface area contributed by atoms with Gasteiger partial charge in [0.05, 0.1) is 28.0 Å². The van der Waals surface area contributed by atoms with E-state index >= 15 is 0 Å². The average Bonchev–Trinajstić information content (AvgIpc) is 3.29. The summed E-state index contributed by atoms with van der Waals surface area (Å²) in [4.78, 5) is 58.6. The molecule has 6 heterocycles. The van der Waals surface area contributed by atoms with Crippen LogP contribution < -0.4 is 35.2 Å². The minimum atomic E-state index is -4.43. The van der Waals surface area contributed by atoms with E-state index in [1.807, 2.05) is 32.0 Å². The topological polar surface area (TPSA) is 176 Å². The SMILES string of the molecule is Cc1nc(N2CCC(N(C)C)CC2)nc2ccc(NC(=O)COc3ccc(C(F)(F)F)cc3)nc12.Cc1nc(N2CCNCC2)nc2ccc(NC(=O)COc3ccc(Br)cc3)nc12. The maximum Gasteiger partial charge on any atom is 0.416 e. The average molecular weight is 946 g/mol. The van der Waals surface area contributed by atoms with Crippen LogP contribution in [0.3, 0.4) is 0 Å². The Morgan fingerprint density at radius 1 is 0.688 bits per heavy atom. The van der Waals surface area contributed by atoms with Crippen molar-refractivity contribution in [2.75, 3.05) is 87.0 Å². The van der Waals surface area contributed by atoms with Crippen LogP contribution in [0.4, 0.5) is 36.7 Å². The van der Waals surface area contributed by atoms with Crippen molar-refractivity contribution in [2.24, 2.45) is 0 Å². The molecular weight excluding hydrogens is 897 g/mol. The van der Waals surface area contributed by atoms with Gasteiger partial charge < -0.3 is 40.1 Å². The van der Waals surface area contributed by atoms with Gasteiger partial charge in [-0.25, -0.2) is 29.9 Å². The molecule has 2 aliphatic heterocycles. The van der Waals surface area contributed by atoms with Gasteiger partial charge in [-0.05, 0) is 114 Å². The first-order valence-electron chi connectivity index (χ1n) is 20.6. The lowest BCUT2D eigenvalue weighted by molar-refractivity contribution is -0.137. The predicted molar refractivity (Wildman–Crippen MR) is 242 cm³/mol. The molecule has 2 fully saturated rings. The van der Waals surface area contributed by atoms with Crippen LogP contribution in [-0.4, -0.2) is 119 Å². The summed E-state index contributed by atoms with van der Waals surface area (Å²) in [5, 5.41) is 8.72. The number of hydrogen-bond donors (Lipinski definition) is 3. The van der Waals surface area contributed by atoms with E-state index in [1.165, 1.54) is 12.1 Å². The van der Waals surface area contributed by atoms with Gasteiger partial charge in [-0.15, -0.1) is 0 Å². The number of rotatable bonds is 11. The number of halogens is 4. The minimum absolute atomic E-state index is 0.0984. The molecule has 0 atom stereocenters. The Hall–Kier alpha value is -6.25. The van der Waals surface area contributed by atoms with Crippen LogP contribution in [-0.2, 0) is 15.8 Å². The highest BCUT2D eigenvalue weighted by molar-refractivity contribution is 9.10. The van der Waals surface area contributed by atoms with Crippen molar-refractivity contribution in [1.29, 1.82) is 0 Å². The quantitative estimate of drug-likeness (QED) is 0.130. The second-order valence-electron chi connectivity index (χ2n) is 15.4. The van der Waals surface area contributed by atoms with Crippen molar-refractivity contribution in [2.45, 2.75) is 38.9 Å². The van der Waals surface area contributed by atoms with Crippen LogP contribution in [0.1, 0.15) is 29.8 Å². The highest BCUT2D eigenvalue weighted by atomic mass is 79.9. The standard InChI is InChI=1S/C24H27F3N6O2.C20H21BrN6O2/c1-15-22-19(29-23(28-15)33-12-10-17(11-13-33)32(2)3)8-9-20(31-22)30-21(34)14-35-18-6-4-16(5-7-18)24(25,26)27;1-13-19-16(24-20(23-13)27-10-8-22-9-11-27)6-7-17(26-19)25-18(28)12-29-15-4-2-14(21)3-5-15/h4-9,17H,10-14H2,1-3H3,(H,30,31,34);2-7,22H,8-12H2,1H3,(H,25,26,28). The number of piperidine rings is 1. The third-order valence-corrected chi connectivity index (χ3v) is 11.1. The second kappa shape index (κ2) is 20.5. The number of piperazine rings is 1. The number of alkyl halides is 3. The molecule has 0 spiro atoms. The van der Waals surface area contributed by atoms with Crippen molar-refractivity contribution in [3.8, 4) is 11.5 Å². The fourth-order valence-corrected chi connectivity index (χ4v) is 7.35. The minimum Gasteiger partial charge on any atom is -0.484 e. The van der Waals surface area contributed by atoms with E-state index in [-0.39, 0.29) is 24.9 Å². The number of pyridine rings is 2. The Labute approximate surface area is 376 Å². The summed E-state index contributed by atoms with van der Waals surface area (Å²) in [6, 6.07) is 19.0. The zero-order chi connectivity index (χ0) is 45.4. The molecule has 20 heteroatoms. The van der Waals surface area contributed by atoms with Gasteiger partial charge >= 0.3 is 6.18 Å². The van der Waals surface area contributed by atoms with Gasteiger partial charge in [-0.3, -0.25) is 9.59 Å². The Morgan fingerprint density at radius 2 is 1.14 bits per heavy atom. The summed E-state index contributed by atoms with van der Waals surface area (Å²) < 4.78 is 49.7. The Morgan fingerprint density at radius 3 is 1.59 bits per heavy atom. The number of nitrogens with one attached hydrogen (secondary N) is 3. The maximum atomic E-state index is 12.6. The molecule has 0 unspecified atom stereocenters. The van der Waals surface area contributed by atoms with E-state index in [1.54, 1.807) is 30.3 Å². The van der Waals surface area contributed by atoms with Gasteiger partial charge in [-0.1, -0.05) is 15.9 Å². The molecule has 2 aliphatic rings. The predicted octanol–water partition coefficient (Wildman–Crippen LogP) is 6.42. The summed E-state index contributed by atoms with van der Waals surface area (Å²) in [6.07, 6.45) is -2.33. The van der Waals surface area contributed by atoms with E-state index in [2.05, 4.69) is 90.6 Å². The maximum absolute atomic E-state index is 12.6. The third kappa shape index (κ3) is 12.1. The molecule has 64 heavy (non-hydrogen) atoms. The normalized spacial score (nSPS) is 14.6. The Kier molecular flexibility index (Phi) is 14.7. The first-order chi connectivity index (χ1) is 30.7. The number of ether oxygens (including phenoxy) is 2. The van der Waals surface area contributed by atoms with Crippen molar-refractivity contribution in [3.05, 3.63) is 94.2 Å². The van der Waals surface area contributed by atoms with E-state index < -0.39 is 17.6 Å². The van der Waals surface area contributed by atoms with Crippen molar-refractivity contribution in [3.63, 3.8) is 0 Å². The van der Waals surface area contributed by atoms with Gasteiger partial charge in [0.2, 0.25) is 11.9 Å². The Bertz CT molecular complexity index is 2570. The van der Waals surface area contributed by atoms with Crippen molar-refractivity contribution in [1.82, 2.24) is 40.1 Å². The summed E-state index contributed by atoms with van der Waals surface area (Å²) in [5.41, 5.74) is 3.40. The fraction of sp³-hybridized carbons (Fsp3) is 0.364. The number of carbonyl (C=O) groups is 2. The number of aryl methyl sites for hydroxylation is 2. The molecule has 0 bridgehead atoms. The number of carbonyl (C=O) groups excluding carboxylic acids is 2. The molecule has 0 saturated carbocycles. The zero-order valence-corrected chi connectivity index (χ0v) is 37.3. The zero-order valence-electron chi connectivity index (χ0n) is 35.7. The molecular formula is C44H48BrF3N12O4. The molecule has 16 nitrogen and oxygen atoms in total. The largest absolute Gasteiger partial charge is 0.484 e. The number of aromatic nitrogens is 6.